The van der Waals surface area contributed by atoms with Crippen molar-refractivity contribution < 1.29 is 17.2 Å². The number of fused-ring (bicyclic) bond motifs is 1. The number of sulfonamides is 1. The first-order chi connectivity index (χ1) is 14.4. The first-order valence-corrected chi connectivity index (χ1v) is 10.2. The Bertz CT molecular complexity index is 1370. The van der Waals surface area contributed by atoms with Crippen molar-refractivity contribution in [2.75, 3.05) is 7.05 Å². The molecule has 3 heterocycles. The van der Waals surface area contributed by atoms with Gasteiger partial charge in [0, 0.05) is 30.6 Å². The van der Waals surface area contributed by atoms with Gasteiger partial charge in [-0.25, -0.2) is 14.4 Å². The Morgan fingerprint density at radius 1 is 1.10 bits per heavy atom. The van der Waals surface area contributed by atoms with Crippen LogP contribution in [0.15, 0.2) is 77.1 Å². The summed E-state index contributed by atoms with van der Waals surface area (Å²) in [6.45, 7) is 0. The van der Waals surface area contributed by atoms with Crippen LogP contribution in [-0.2, 0) is 10.0 Å². The first kappa shape index (κ1) is 19.6. The molecule has 3 aromatic heterocycles. The predicted octanol–water partition coefficient (Wildman–Crippen LogP) is 3.33. The molecular formula is C20H15F2N5O2S. The Labute approximate surface area is 171 Å². The second-order valence-corrected chi connectivity index (χ2v) is 8.26. The van der Waals surface area contributed by atoms with Crippen LogP contribution in [0.5, 0.6) is 0 Å². The molecule has 0 fully saturated rings. The second kappa shape index (κ2) is 7.64. The Hall–Kier alpha value is -3.66. The molecule has 0 atom stereocenters. The molecule has 0 aliphatic heterocycles. The summed E-state index contributed by atoms with van der Waals surface area (Å²) in [5.74, 6) is -1.27. The number of hydrazone groups is 1. The molecule has 0 radical (unpaired) electrons. The topological polar surface area (TPSA) is 79.9 Å². The number of imidazole rings is 1. The van der Waals surface area contributed by atoms with E-state index < -0.39 is 21.8 Å². The Morgan fingerprint density at radius 3 is 2.70 bits per heavy atom. The summed E-state index contributed by atoms with van der Waals surface area (Å²) in [7, 11) is -2.77. The number of rotatable bonds is 5. The van der Waals surface area contributed by atoms with Crippen LogP contribution in [0.1, 0.15) is 5.69 Å². The third-order valence-electron chi connectivity index (χ3n) is 4.40. The molecule has 0 saturated heterocycles. The second-order valence-electron chi connectivity index (χ2n) is 6.31. The van der Waals surface area contributed by atoms with E-state index in [0.29, 0.717) is 22.5 Å². The van der Waals surface area contributed by atoms with E-state index in [4.69, 9.17) is 0 Å². The maximum absolute atomic E-state index is 14.0. The van der Waals surface area contributed by atoms with Crippen LogP contribution in [0.3, 0.4) is 0 Å². The van der Waals surface area contributed by atoms with Gasteiger partial charge in [0.2, 0.25) is 5.95 Å². The molecule has 0 amide bonds. The molecular weight excluding hydrogens is 412 g/mol. The van der Waals surface area contributed by atoms with Gasteiger partial charge in [0.05, 0.1) is 23.0 Å². The normalized spacial score (nSPS) is 12.0. The van der Waals surface area contributed by atoms with E-state index in [9.17, 15) is 17.2 Å². The minimum absolute atomic E-state index is 0.213. The SMILES string of the molecule is CN(N=Cc1cnc2ccc(-c3cccnc3F)cn12)S(=O)(=O)c1cccc(F)c1. The van der Waals surface area contributed by atoms with E-state index in [0.717, 1.165) is 16.5 Å². The molecule has 0 bridgehead atoms. The number of aromatic nitrogens is 3. The molecule has 0 aliphatic rings. The van der Waals surface area contributed by atoms with E-state index >= 15 is 0 Å². The Morgan fingerprint density at radius 2 is 1.93 bits per heavy atom. The molecule has 0 saturated carbocycles. The fourth-order valence-corrected chi connectivity index (χ4v) is 3.83. The van der Waals surface area contributed by atoms with Gasteiger partial charge in [0.15, 0.2) is 0 Å². The molecule has 0 N–H and O–H groups in total. The van der Waals surface area contributed by atoms with E-state index in [1.807, 2.05) is 0 Å². The molecule has 0 aliphatic carbocycles. The molecule has 30 heavy (non-hydrogen) atoms. The molecule has 4 rings (SSSR count). The number of halogens is 2. The highest BCUT2D eigenvalue weighted by Gasteiger charge is 2.19. The van der Waals surface area contributed by atoms with Gasteiger partial charge in [-0.15, -0.1) is 0 Å². The number of hydrogen-bond acceptors (Lipinski definition) is 5. The van der Waals surface area contributed by atoms with Gasteiger partial charge in [-0.3, -0.25) is 4.40 Å². The smallest absolute Gasteiger partial charge is 0.278 e. The van der Waals surface area contributed by atoms with Crippen molar-refractivity contribution in [3.8, 4) is 11.1 Å². The van der Waals surface area contributed by atoms with Crippen molar-refractivity contribution in [3.63, 3.8) is 0 Å². The Kier molecular flexibility index (Phi) is 5.00. The minimum atomic E-state index is -4.02. The fourth-order valence-electron chi connectivity index (χ4n) is 2.84. The zero-order valence-electron chi connectivity index (χ0n) is 15.6. The number of nitrogens with zero attached hydrogens (tertiary/aromatic N) is 5. The summed E-state index contributed by atoms with van der Waals surface area (Å²) in [4.78, 5) is 7.67. The van der Waals surface area contributed by atoms with Crippen molar-refractivity contribution in [2.45, 2.75) is 4.90 Å². The summed E-state index contributed by atoms with van der Waals surface area (Å²) < 4.78 is 54.9. The largest absolute Gasteiger partial charge is 0.298 e. The lowest BCUT2D eigenvalue weighted by molar-refractivity contribution is 0.489. The zero-order valence-corrected chi connectivity index (χ0v) is 16.5. The lowest BCUT2D eigenvalue weighted by atomic mass is 10.1. The van der Waals surface area contributed by atoms with E-state index in [-0.39, 0.29) is 4.90 Å². The lowest BCUT2D eigenvalue weighted by Gasteiger charge is -2.13. The van der Waals surface area contributed by atoms with Gasteiger partial charge in [-0.05, 0) is 42.5 Å². The monoisotopic (exact) mass is 427 g/mol. The molecule has 152 valence electrons. The standard InChI is InChI=1S/C20H15F2N5O2S/c1-26(30(28,29)17-5-2-4-15(21)10-17)25-12-16-11-24-19-8-7-14(13-27(16)19)18-6-3-9-23-20(18)22/h2-13H,1H3. The fraction of sp³-hybridized carbons (Fsp3) is 0.0500. The zero-order chi connectivity index (χ0) is 21.3. The number of hydrogen-bond donors (Lipinski definition) is 0. The summed E-state index contributed by atoms with van der Waals surface area (Å²) in [5, 5.41) is 3.97. The van der Waals surface area contributed by atoms with Crippen molar-refractivity contribution >= 4 is 21.9 Å². The van der Waals surface area contributed by atoms with Crippen LogP contribution >= 0.6 is 0 Å². The molecule has 10 heteroatoms. The van der Waals surface area contributed by atoms with Crippen molar-refractivity contribution in [1.82, 2.24) is 18.8 Å². The number of pyridine rings is 2. The summed E-state index contributed by atoms with van der Waals surface area (Å²) >= 11 is 0. The van der Waals surface area contributed by atoms with Gasteiger partial charge >= 0.3 is 0 Å². The molecule has 1 aromatic carbocycles. The average Bonchev–Trinajstić information content (AvgIpc) is 3.14. The quantitative estimate of drug-likeness (QED) is 0.278. The van der Waals surface area contributed by atoms with Crippen LogP contribution in [0, 0.1) is 11.8 Å². The van der Waals surface area contributed by atoms with Gasteiger partial charge in [-0.1, -0.05) is 6.07 Å². The van der Waals surface area contributed by atoms with Crippen LogP contribution < -0.4 is 0 Å². The van der Waals surface area contributed by atoms with E-state index in [1.54, 1.807) is 34.9 Å². The van der Waals surface area contributed by atoms with Crippen molar-refractivity contribution in [1.29, 1.82) is 0 Å². The van der Waals surface area contributed by atoms with Crippen LogP contribution in [-0.4, -0.2) is 40.5 Å². The van der Waals surface area contributed by atoms with Crippen molar-refractivity contribution in [2.24, 2.45) is 5.10 Å². The lowest BCUT2D eigenvalue weighted by Crippen LogP contribution is -2.22. The van der Waals surface area contributed by atoms with Gasteiger partial charge in [-0.2, -0.15) is 22.3 Å². The minimum Gasteiger partial charge on any atom is -0.298 e. The predicted molar refractivity (Wildman–Crippen MR) is 107 cm³/mol. The highest BCUT2D eigenvalue weighted by Crippen LogP contribution is 2.22. The Balaban J connectivity index is 1.67. The maximum atomic E-state index is 14.0. The van der Waals surface area contributed by atoms with E-state index in [2.05, 4.69) is 15.1 Å². The first-order valence-electron chi connectivity index (χ1n) is 8.73. The number of benzene rings is 1. The summed E-state index contributed by atoms with van der Waals surface area (Å²) in [5.41, 5.74) is 1.93. The molecule has 0 unspecified atom stereocenters. The average molecular weight is 427 g/mol. The van der Waals surface area contributed by atoms with E-state index in [1.165, 1.54) is 37.8 Å². The third kappa shape index (κ3) is 3.64. The molecule has 4 aromatic rings. The third-order valence-corrected chi connectivity index (χ3v) is 6.04. The molecule has 7 nitrogen and oxygen atoms in total. The van der Waals surface area contributed by atoms with Crippen LogP contribution in [0.4, 0.5) is 8.78 Å². The van der Waals surface area contributed by atoms with Crippen LogP contribution in [0.2, 0.25) is 0 Å². The van der Waals surface area contributed by atoms with Gasteiger partial charge < -0.3 is 0 Å². The maximum Gasteiger partial charge on any atom is 0.278 e. The highest BCUT2D eigenvalue weighted by atomic mass is 32.2. The molecule has 0 spiro atoms. The van der Waals surface area contributed by atoms with Gasteiger partial charge in [0.1, 0.15) is 11.5 Å². The summed E-state index contributed by atoms with van der Waals surface area (Å²) in [6.07, 6.45) is 5.83. The van der Waals surface area contributed by atoms with Crippen LogP contribution in [0.25, 0.3) is 16.8 Å². The highest BCUT2D eigenvalue weighted by molar-refractivity contribution is 7.89. The summed E-state index contributed by atoms with van der Waals surface area (Å²) in [6, 6.07) is 11.3. The van der Waals surface area contributed by atoms with Crippen molar-refractivity contribution in [3.05, 3.63) is 84.6 Å². The van der Waals surface area contributed by atoms with Gasteiger partial charge in [0.25, 0.3) is 10.0 Å².